The molecule has 1 fully saturated rings. The van der Waals surface area contributed by atoms with Gasteiger partial charge in [-0.2, -0.15) is 0 Å². The van der Waals surface area contributed by atoms with Gasteiger partial charge in [0, 0.05) is 18.6 Å². The van der Waals surface area contributed by atoms with Gasteiger partial charge in [0.15, 0.2) is 0 Å². The molecule has 17 heavy (non-hydrogen) atoms. The summed E-state index contributed by atoms with van der Waals surface area (Å²) in [4.78, 5) is 2.76. The predicted molar refractivity (Wildman–Crippen MR) is 76.4 cm³/mol. The highest BCUT2D eigenvalue weighted by atomic mass is 15.2. The van der Waals surface area contributed by atoms with Crippen LogP contribution in [0, 0.1) is 5.92 Å². The minimum absolute atomic E-state index is 0.754. The highest BCUT2D eigenvalue weighted by molar-refractivity contribution is 4.84. The number of likely N-dealkylation sites (tertiary alicyclic amines) is 1. The van der Waals surface area contributed by atoms with Crippen LogP contribution in [-0.2, 0) is 0 Å². The van der Waals surface area contributed by atoms with E-state index in [9.17, 15) is 0 Å². The molecule has 0 aromatic heterocycles. The zero-order valence-corrected chi connectivity index (χ0v) is 12.3. The van der Waals surface area contributed by atoms with Gasteiger partial charge in [0.2, 0.25) is 0 Å². The third-order valence-electron chi connectivity index (χ3n) is 4.32. The fourth-order valence-electron chi connectivity index (χ4n) is 3.05. The van der Waals surface area contributed by atoms with E-state index in [2.05, 4.69) is 37.9 Å². The van der Waals surface area contributed by atoms with Gasteiger partial charge in [-0.25, -0.2) is 0 Å². The Bertz CT molecular complexity index is 193. The summed E-state index contributed by atoms with van der Waals surface area (Å²) >= 11 is 0. The Balaban J connectivity index is 2.48. The summed E-state index contributed by atoms with van der Waals surface area (Å²) < 4.78 is 0. The molecule has 1 aliphatic rings. The maximum absolute atomic E-state index is 3.61. The molecule has 1 aliphatic heterocycles. The third kappa shape index (κ3) is 4.59. The summed E-state index contributed by atoms with van der Waals surface area (Å²) in [6.07, 6.45) is 6.69. The van der Waals surface area contributed by atoms with Crippen molar-refractivity contribution in [2.24, 2.45) is 5.92 Å². The van der Waals surface area contributed by atoms with Gasteiger partial charge in [-0.05, 0) is 51.6 Å². The van der Waals surface area contributed by atoms with Crippen LogP contribution in [0.2, 0.25) is 0 Å². The van der Waals surface area contributed by atoms with Gasteiger partial charge < -0.3 is 5.32 Å². The standard InChI is InChI=1S/C15H32N2/c1-5-8-15(12-16-10-6-2)17-11-7-9-13(3)14(17)4/h13-16H,5-12H2,1-4H3. The lowest BCUT2D eigenvalue weighted by molar-refractivity contribution is 0.0633. The smallest absolute Gasteiger partial charge is 0.0223 e. The lowest BCUT2D eigenvalue weighted by Gasteiger charge is -2.43. The Morgan fingerprint density at radius 1 is 1.24 bits per heavy atom. The summed E-state index contributed by atoms with van der Waals surface area (Å²) in [7, 11) is 0. The van der Waals surface area contributed by atoms with Crippen LogP contribution in [0.1, 0.15) is 59.8 Å². The van der Waals surface area contributed by atoms with Gasteiger partial charge in [0.25, 0.3) is 0 Å². The van der Waals surface area contributed by atoms with E-state index in [0.717, 1.165) is 24.5 Å². The van der Waals surface area contributed by atoms with E-state index < -0.39 is 0 Å². The van der Waals surface area contributed by atoms with E-state index in [-0.39, 0.29) is 0 Å². The minimum Gasteiger partial charge on any atom is -0.315 e. The maximum Gasteiger partial charge on any atom is 0.0223 e. The number of nitrogens with one attached hydrogen (secondary N) is 1. The average molecular weight is 240 g/mol. The van der Waals surface area contributed by atoms with Crippen molar-refractivity contribution in [2.45, 2.75) is 71.9 Å². The Labute approximate surface area is 108 Å². The largest absolute Gasteiger partial charge is 0.315 e. The fraction of sp³-hybridized carbons (Fsp3) is 1.00. The van der Waals surface area contributed by atoms with Gasteiger partial charge in [-0.15, -0.1) is 0 Å². The monoisotopic (exact) mass is 240 g/mol. The van der Waals surface area contributed by atoms with Gasteiger partial charge >= 0.3 is 0 Å². The number of rotatable bonds is 7. The summed E-state index contributed by atoms with van der Waals surface area (Å²) in [5, 5.41) is 3.61. The molecule has 1 saturated heterocycles. The van der Waals surface area contributed by atoms with Crippen LogP contribution in [0.4, 0.5) is 0 Å². The molecular formula is C15H32N2. The second-order valence-electron chi connectivity index (χ2n) is 5.74. The van der Waals surface area contributed by atoms with Gasteiger partial charge in [0.1, 0.15) is 0 Å². The van der Waals surface area contributed by atoms with Crippen LogP contribution in [0.3, 0.4) is 0 Å². The summed E-state index contributed by atoms with van der Waals surface area (Å²) in [5.41, 5.74) is 0. The first-order valence-corrected chi connectivity index (χ1v) is 7.67. The van der Waals surface area contributed by atoms with Crippen molar-refractivity contribution in [2.75, 3.05) is 19.6 Å². The molecule has 1 heterocycles. The van der Waals surface area contributed by atoms with E-state index in [1.165, 1.54) is 45.2 Å². The van der Waals surface area contributed by atoms with Crippen LogP contribution in [0.5, 0.6) is 0 Å². The van der Waals surface area contributed by atoms with E-state index in [0.29, 0.717) is 0 Å². The van der Waals surface area contributed by atoms with Crippen LogP contribution in [0.25, 0.3) is 0 Å². The molecule has 3 atom stereocenters. The molecule has 2 heteroatoms. The number of nitrogens with zero attached hydrogens (tertiary/aromatic N) is 1. The molecule has 0 saturated carbocycles. The normalized spacial score (nSPS) is 28.2. The van der Waals surface area contributed by atoms with Crippen LogP contribution in [0.15, 0.2) is 0 Å². The van der Waals surface area contributed by atoms with E-state index in [4.69, 9.17) is 0 Å². The van der Waals surface area contributed by atoms with E-state index in [1.807, 2.05) is 0 Å². The lowest BCUT2D eigenvalue weighted by atomic mass is 9.90. The minimum atomic E-state index is 0.754. The molecule has 0 aliphatic carbocycles. The summed E-state index contributed by atoms with van der Waals surface area (Å²) in [6, 6.07) is 1.52. The quantitative estimate of drug-likeness (QED) is 0.687. The average Bonchev–Trinajstić information content (AvgIpc) is 2.32. The highest BCUT2D eigenvalue weighted by Gasteiger charge is 2.29. The lowest BCUT2D eigenvalue weighted by Crippen LogP contribution is -2.51. The summed E-state index contributed by atoms with van der Waals surface area (Å²) in [5.74, 6) is 0.870. The molecular weight excluding hydrogens is 208 g/mol. The highest BCUT2D eigenvalue weighted by Crippen LogP contribution is 2.25. The Morgan fingerprint density at radius 3 is 2.65 bits per heavy atom. The SMILES string of the molecule is CCCNCC(CCC)N1CCCC(C)C1C. The van der Waals surface area contributed by atoms with Gasteiger partial charge in [0.05, 0.1) is 0 Å². The van der Waals surface area contributed by atoms with Crippen molar-refractivity contribution in [1.29, 1.82) is 0 Å². The second kappa shape index (κ2) is 8.10. The van der Waals surface area contributed by atoms with Crippen LogP contribution < -0.4 is 5.32 Å². The van der Waals surface area contributed by atoms with Crippen molar-refractivity contribution < 1.29 is 0 Å². The molecule has 0 spiro atoms. The van der Waals surface area contributed by atoms with Crippen molar-refractivity contribution >= 4 is 0 Å². The Kier molecular flexibility index (Phi) is 7.14. The topological polar surface area (TPSA) is 15.3 Å². The van der Waals surface area contributed by atoms with Gasteiger partial charge in [-0.3, -0.25) is 4.90 Å². The number of piperidine rings is 1. The zero-order chi connectivity index (χ0) is 12.7. The molecule has 3 unspecified atom stereocenters. The first-order valence-electron chi connectivity index (χ1n) is 7.67. The number of hydrogen-bond acceptors (Lipinski definition) is 2. The Hall–Kier alpha value is -0.0800. The first kappa shape index (κ1) is 15.0. The van der Waals surface area contributed by atoms with Crippen molar-refractivity contribution in [3.05, 3.63) is 0 Å². The molecule has 0 radical (unpaired) electrons. The zero-order valence-electron chi connectivity index (χ0n) is 12.3. The molecule has 0 aromatic carbocycles. The van der Waals surface area contributed by atoms with Crippen LogP contribution in [-0.4, -0.2) is 36.6 Å². The predicted octanol–water partition coefficient (Wildman–Crippen LogP) is 3.28. The second-order valence-corrected chi connectivity index (χ2v) is 5.74. The van der Waals surface area contributed by atoms with Crippen molar-refractivity contribution in [1.82, 2.24) is 10.2 Å². The third-order valence-corrected chi connectivity index (χ3v) is 4.32. The molecule has 2 nitrogen and oxygen atoms in total. The van der Waals surface area contributed by atoms with E-state index in [1.54, 1.807) is 0 Å². The molecule has 1 N–H and O–H groups in total. The van der Waals surface area contributed by atoms with Crippen LogP contribution >= 0.6 is 0 Å². The van der Waals surface area contributed by atoms with Crippen molar-refractivity contribution in [3.8, 4) is 0 Å². The van der Waals surface area contributed by atoms with Crippen molar-refractivity contribution in [3.63, 3.8) is 0 Å². The first-order chi connectivity index (χ1) is 8.20. The van der Waals surface area contributed by atoms with Gasteiger partial charge in [-0.1, -0.05) is 27.2 Å². The molecule has 102 valence electrons. The molecule has 1 rings (SSSR count). The fourth-order valence-corrected chi connectivity index (χ4v) is 3.05. The maximum atomic E-state index is 3.61. The Morgan fingerprint density at radius 2 is 2.00 bits per heavy atom. The number of hydrogen-bond donors (Lipinski definition) is 1. The summed E-state index contributed by atoms with van der Waals surface area (Å²) in [6.45, 7) is 13.0. The van der Waals surface area contributed by atoms with E-state index >= 15 is 0 Å². The molecule has 0 amide bonds. The molecule has 0 bridgehead atoms. The molecule has 0 aromatic rings.